The highest BCUT2D eigenvalue weighted by molar-refractivity contribution is 5.77. The van der Waals surface area contributed by atoms with Gasteiger partial charge in [-0.1, -0.05) is 18.6 Å². The summed E-state index contributed by atoms with van der Waals surface area (Å²) in [5.41, 5.74) is 1.29. The topological polar surface area (TPSA) is 17.1 Å². The first-order valence-electron chi connectivity index (χ1n) is 3.68. The number of Topliss-reactive ketones (excluding diaryl/α,β-unsaturated/α-hetero) is 1. The van der Waals surface area contributed by atoms with Crippen LogP contribution in [-0.2, 0) is 4.79 Å². The molecule has 1 unspecified atom stereocenters. The maximum Gasteiger partial charge on any atom is 0.132 e. The molecule has 0 aromatic heterocycles. The zero-order chi connectivity index (χ0) is 8.15. The molecule has 0 aromatic carbocycles. The van der Waals surface area contributed by atoms with Crippen molar-refractivity contribution in [2.75, 3.05) is 0 Å². The standard InChI is InChI=1S/C9H16O/c1-7(2)5-6-8(3)9(4)10/h5,8H,6H2,1-4H3. The van der Waals surface area contributed by atoms with Gasteiger partial charge in [0.15, 0.2) is 0 Å². The summed E-state index contributed by atoms with van der Waals surface area (Å²) in [6, 6.07) is 0. The van der Waals surface area contributed by atoms with Gasteiger partial charge in [0.1, 0.15) is 5.78 Å². The summed E-state index contributed by atoms with van der Waals surface area (Å²) < 4.78 is 0. The van der Waals surface area contributed by atoms with Gasteiger partial charge < -0.3 is 0 Å². The second kappa shape index (κ2) is 4.26. The Hall–Kier alpha value is -0.590. The van der Waals surface area contributed by atoms with Crippen LogP contribution in [0.3, 0.4) is 0 Å². The zero-order valence-corrected chi connectivity index (χ0v) is 7.27. The van der Waals surface area contributed by atoms with E-state index >= 15 is 0 Å². The van der Waals surface area contributed by atoms with Crippen molar-refractivity contribution in [3.63, 3.8) is 0 Å². The van der Waals surface area contributed by atoms with E-state index in [1.165, 1.54) is 5.57 Å². The molecule has 0 fully saturated rings. The lowest BCUT2D eigenvalue weighted by atomic mass is 10.0. The number of carbonyl (C=O) groups is 1. The molecule has 0 bridgehead atoms. The van der Waals surface area contributed by atoms with E-state index in [0.717, 1.165) is 6.42 Å². The van der Waals surface area contributed by atoms with Gasteiger partial charge in [0.25, 0.3) is 0 Å². The van der Waals surface area contributed by atoms with Gasteiger partial charge in [0.2, 0.25) is 0 Å². The molecule has 10 heavy (non-hydrogen) atoms. The number of hydrogen-bond acceptors (Lipinski definition) is 1. The molecule has 1 heteroatoms. The van der Waals surface area contributed by atoms with Crippen LogP contribution in [0, 0.1) is 5.92 Å². The molecule has 0 heterocycles. The Balaban J connectivity index is 3.70. The summed E-state index contributed by atoms with van der Waals surface area (Å²) in [7, 11) is 0. The van der Waals surface area contributed by atoms with E-state index in [1.807, 2.05) is 20.8 Å². The Morgan fingerprint density at radius 3 is 2.20 bits per heavy atom. The Morgan fingerprint density at radius 2 is 1.90 bits per heavy atom. The molecule has 0 radical (unpaired) electrons. The van der Waals surface area contributed by atoms with Crippen LogP contribution in [0.1, 0.15) is 34.1 Å². The molecule has 0 aliphatic carbocycles. The maximum absolute atomic E-state index is 10.7. The molecular weight excluding hydrogens is 124 g/mol. The minimum atomic E-state index is 0.190. The molecule has 1 nitrogen and oxygen atoms in total. The second-order valence-electron chi connectivity index (χ2n) is 3.03. The van der Waals surface area contributed by atoms with E-state index in [2.05, 4.69) is 6.08 Å². The average molecular weight is 140 g/mol. The summed E-state index contributed by atoms with van der Waals surface area (Å²) in [5.74, 6) is 0.465. The maximum atomic E-state index is 10.7. The van der Waals surface area contributed by atoms with E-state index in [0.29, 0.717) is 0 Å². The SMILES string of the molecule is CC(=O)C(C)CC=C(C)C. The molecule has 0 amide bonds. The van der Waals surface area contributed by atoms with Gasteiger partial charge in [-0.15, -0.1) is 0 Å². The van der Waals surface area contributed by atoms with Crippen LogP contribution in [0.25, 0.3) is 0 Å². The third-order valence-corrected chi connectivity index (χ3v) is 1.57. The van der Waals surface area contributed by atoms with Crippen molar-refractivity contribution in [1.82, 2.24) is 0 Å². The van der Waals surface area contributed by atoms with Crippen molar-refractivity contribution in [3.8, 4) is 0 Å². The molecule has 0 spiro atoms. The van der Waals surface area contributed by atoms with Crippen LogP contribution in [0.15, 0.2) is 11.6 Å². The average Bonchev–Trinajstić information content (AvgIpc) is 1.82. The summed E-state index contributed by atoms with van der Waals surface area (Å²) in [6.07, 6.45) is 2.99. The molecule has 0 rings (SSSR count). The first-order valence-corrected chi connectivity index (χ1v) is 3.68. The van der Waals surface area contributed by atoms with E-state index in [9.17, 15) is 4.79 Å². The van der Waals surface area contributed by atoms with Crippen LogP contribution in [0.2, 0.25) is 0 Å². The highest BCUT2D eigenvalue weighted by Gasteiger charge is 2.03. The predicted molar refractivity (Wildman–Crippen MR) is 43.9 cm³/mol. The van der Waals surface area contributed by atoms with Crippen LogP contribution < -0.4 is 0 Å². The number of ketones is 1. The van der Waals surface area contributed by atoms with Gasteiger partial charge >= 0.3 is 0 Å². The van der Waals surface area contributed by atoms with E-state index in [4.69, 9.17) is 0 Å². The summed E-state index contributed by atoms with van der Waals surface area (Å²) in [4.78, 5) is 10.7. The molecular formula is C9H16O. The minimum Gasteiger partial charge on any atom is -0.300 e. The van der Waals surface area contributed by atoms with Crippen molar-refractivity contribution in [2.24, 2.45) is 5.92 Å². The van der Waals surface area contributed by atoms with Crippen LogP contribution in [-0.4, -0.2) is 5.78 Å². The lowest BCUT2D eigenvalue weighted by molar-refractivity contribution is -0.120. The van der Waals surface area contributed by atoms with Gasteiger partial charge in [-0.05, 0) is 27.2 Å². The molecule has 0 aliphatic heterocycles. The first-order chi connectivity index (χ1) is 4.54. The van der Waals surface area contributed by atoms with Gasteiger partial charge in [-0.2, -0.15) is 0 Å². The van der Waals surface area contributed by atoms with Gasteiger partial charge in [0, 0.05) is 5.92 Å². The molecule has 0 aliphatic rings. The smallest absolute Gasteiger partial charge is 0.132 e. The Labute approximate surface area is 63.1 Å². The van der Waals surface area contributed by atoms with Crippen LogP contribution in [0.4, 0.5) is 0 Å². The molecule has 0 N–H and O–H groups in total. The summed E-state index contributed by atoms with van der Waals surface area (Å²) in [6.45, 7) is 7.70. The van der Waals surface area contributed by atoms with Gasteiger partial charge in [0.05, 0.1) is 0 Å². The molecule has 1 atom stereocenters. The fourth-order valence-electron chi connectivity index (χ4n) is 0.578. The number of hydrogen-bond donors (Lipinski definition) is 0. The number of carbonyl (C=O) groups excluding carboxylic acids is 1. The second-order valence-corrected chi connectivity index (χ2v) is 3.03. The predicted octanol–water partition coefficient (Wildman–Crippen LogP) is 2.57. The number of allylic oxidation sites excluding steroid dienone is 2. The molecule has 58 valence electrons. The highest BCUT2D eigenvalue weighted by atomic mass is 16.1. The minimum absolute atomic E-state index is 0.190. The summed E-state index contributed by atoms with van der Waals surface area (Å²) >= 11 is 0. The van der Waals surface area contributed by atoms with Crippen molar-refractivity contribution in [1.29, 1.82) is 0 Å². The quantitative estimate of drug-likeness (QED) is 0.551. The Kier molecular flexibility index (Phi) is 4.01. The molecule has 0 saturated carbocycles. The van der Waals surface area contributed by atoms with Crippen LogP contribution >= 0.6 is 0 Å². The first kappa shape index (κ1) is 9.41. The van der Waals surface area contributed by atoms with Crippen molar-refractivity contribution >= 4 is 5.78 Å². The molecule has 0 saturated heterocycles. The number of rotatable bonds is 3. The van der Waals surface area contributed by atoms with E-state index in [-0.39, 0.29) is 11.7 Å². The summed E-state index contributed by atoms with van der Waals surface area (Å²) in [5, 5.41) is 0. The van der Waals surface area contributed by atoms with Crippen molar-refractivity contribution < 1.29 is 4.79 Å². The third-order valence-electron chi connectivity index (χ3n) is 1.57. The normalized spacial score (nSPS) is 12.4. The lowest BCUT2D eigenvalue weighted by Gasteiger charge is -2.01. The fraction of sp³-hybridized carbons (Fsp3) is 0.667. The van der Waals surface area contributed by atoms with Crippen molar-refractivity contribution in [2.45, 2.75) is 34.1 Å². The monoisotopic (exact) mass is 140 g/mol. The lowest BCUT2D eigenvalue weighted by Crippen LogP contribution is -2.04. The zero-order valence-electron chi connectivity index (χ0n) is 7.27. The third kappa shape index (κ3) is 4.30. The van der Waals surface area contributed by atoms with E-state index in [1.54, 1.807) is 6.92 Å². The van der Waals surface area contributed by atoms with Gasteiger partial charge in [-0.3, -0.25) is 4.79 Å². The van der Waals surface area contributed by atoms with Gasteiger partial charge in [-0.25, -0.2) is 0 Å². The van der Waals surface area contributed by atoms with Crippen molar-refractivity contribution in [3.05, 3.63) is 11.6 Å². The Bertz CT molecular complexity index is 141. The largest absolute Gasteiger partial charge is 0.300 e. The highest BCUT2D eigenvalue weighted by Crippen LogP contribution is 2.05. The van der Waals surface area contributed by atoms with E-state index < -0.39 is 0 Å². The fourth-order valence-corrected chi connectivity index (χ4v) is 0.578. The Morgan fingerprint density at radius 1 is 1.40 bits per heavy atom. The molecule has 0 aromatic rings. The van der Waals surface area contributed by atoms with Crippen LogP contribution in [0.5, 0.6) is 0 Å².